The molecular formula is C15H18ClN3O3. The van der Waals surface area contributed by atoms with Crippen molar-refractivity contribution in [2.75, 3.05) is 6.61 Å². The molecule has 2 aliphatic rings. The quantitative estimate of drug-likeness (QED) is 0.828. The molecule has 1 aliphatic carbocycles. The number of rotatable bonds is 2. The molecule has 2 N–H and O–H groups in total. The van der Waals surface area contributed by atoms with Crippen LogP contribution in [-0.4, -0.2) is 44.7 Å². The second kappa shape index (κ2) is 4.89. The van der Waals surface area contributed by atoms with Crippen LogP contribution >= 0.6 is 11.6 Å². The second-order valence-corrected chi connectivity index (χ2v) is 6.84. The fourth-order valence-corrected chi connectivity index (χ4v) is 3.97. The zero-order valence-corrected chi connectivity index (χ0v) is 13.2. The van der Waals surface area contributed by atoms with Crippen LogP contribution in [0.1, 0.15) is 31.7 Å². The van der Waals surface area contributed by atoms with E-state index in [1.807, 2.05) is 20.0 Å². The minimum absolute atomic E-state index is 0.0686. The minimum Gasteiger partial charge on any atom is -0.396 e. The molecule has 2 aromatic heterocycles. The van der Waals surface area contributed by atoms with Crippen molar-refractivity contribution < 1.29 is 14.6 Å². The van der Waals surface area contributed by atoms with Crippen LogP contribution in [0.15, 0.2) is 12.5 Å². The summed E-state index contributed by atoms with van der Waals surface area (Å²) in [6.45, 7) is 3.91. The van der Waals surface area contributed by atoms with Crippen molar-refractivity contribution in [3.63, 3.8) is 0 Å². The molecule has 3 heterocycles. The topological polar surface area (TPSA) is 80.3 Å². The summed E-state index contributed by atoms with van der Waals surface area (Å²) < 4.78 is 12.1. The van der Waals surface area contributed by atoms with E-state index in [-0.39, 0.29) is 30.7 Å². The van der Waals surface area contributed by atoms with Gasteiger partial charge in [-0.25, -0.2) is 9.97 Å². The average Bonchev–Trinajstić information content (AvgIpc) is 3.10. The normalized spacial score (nSPS) is 33.5. The van der Waals surface area contributed by atoms with Gasteiger partial charge in [-0.2, -0.15) is 0 Å². The fraction of sp³-hybridized carbons (Fsp3) is 0.600. The summed E-state index contributed by atoms with van der Waals surface area (Å²) in [6.07, 6.45) is 4.01. The molecule has 1 saturated heterocycles. The minimum atomic E-state index is -0.625. The predicted octanol–water partition coefficient (Wildman–Crippen LogP) is 2.23. The molecule has 0 bridgehead atoms. The summed E-state index contributed by atoms with van der Waals surface area (Å²) >= 11 is 6.11. The molecule has 118 valence electrons. The van der Waals surface area contributed by atoms with E-state index in [9.17, 15) is 5.11 Å². The molecule has 0 amide bonds. The summed E-state index contributed by atoms with van der Waals surface area (Å²) in [7, 11) is 0. The fourth-order valence-electron chi connectivity index (χ4n) is 3.78. The van der Waals surface area contributed by atoms with Gasteiger partial charge in [0.15, 0.2) is 10.9 Å². The maximum Gasteiger partial charge on any atom is 0.163 e. The summed E-state index contributed by atoms with van der Waals surface area (Å²) in [5.74, 6) is -0.442. The highest BCUT2D eigenvalue weighted by molar-refractivity contribution is 6.33. The van der Waals surface area contributed by atoms with E-state index < -0.39 is 5.79 Å². The lowest BCUT2D eigenvalue weighted by atomic mass is 9.96. The number of nitrogens with zero attached hydrogens (tertiary/aromatic N) is 2. The van der Waals surface area contributed by atoms with Crippen molar-refractivity contribution in [3.05, 3.63) is 23.2 Å². The number of hydrogen-bond acceptors (Lipinski definition) is 5. The Morgan fingerprint density at radius 1 is 1.36 bits per heavy atom. The van der Waals surface area contributed by atoms with Crippen LogP contribution in [0.4, 0.5) is 0 Å². The lowest BCUT2D eigenvalue weighted by molar-refractivity contribution is -0.159. The summed E-state index contributed by atoms with van der Waals surface area (Å²) in [4.78, 5) is 11.5. The first kappa shape index (κ1) is 14.4. The molecule has 6 nitrogen and oxygen atoms in total. The van der Waals surface area contributed by atoms with E-state index in [0.29, 0.717) is 5.15 Å². The number of halogens is 1. The van der Waals surface area contributed by atoms with Crippen LogP contribution < -0.4 is 0 Å². The SMILES string of the molecule is CC1(C)O[C@@H]2[C@@H](CO)C[C@@H](c3c[nH]c4c(Cl)ncnc34)[C@@H]2O1. The van der Waals surface area contributed by atoms with Crippen LogP contribution in [0.3, 0.4) is 0 Å². The molecular weight excluding hydrogens is 306 g/mol. The maximum absolute atomic E-state index is 9.67. The Balaban J connectivity index is 1.77. The third-order valence-electron chi connectivity index (χ3n) is 4.66. The van der Waals surface area contributed by atoms with Crippen LogP contribution in [0.25, 0.3) is 11.0 Å². The van der Waals surface area contributed by atoms with E-state index in [1.54, 1.807) is 0 Å². The van der Waals surface area contributed by atoms with Gasteiger partial charge in [0.1, 0.15) is 11.8 Å². The Morgan fingerprint density at radius 2 is 2.14 bits per heavy atom. The Hall–Kier alpha value is -1.21. The van der Waals surface area contributed by atoms with Crippen molar-refractivity contribution >= 4 is 22.6 Å². The molecule has 22 heavy (non-hydrogen) atoms. The zero-order valence-electron chi connectivity index (χ0n) is 12.4. The van der Waals surface area contributed by atoms with Crippen molar-refractivity contribution in [2.24, 2.45) is 5.92 Å². The number of nitrogens with one attached hydrogen (secondary N) is 1. The number of aromatic nitrogens is 3. The van der Waals surface area contributed by atoms with Gasteiger partial charge in [0.2, 0.25) is 0 Å². The molecule has 0 spiro atoms. The highest BCUT2D eigenvalue weighted by Gasteiger charge is 2.54. The van der Waals surface area contributed by atoms with Gasteiger partial charge < -0.3 is 19.6 Å². The van der Waals surface area contributed by atoms with E-state index in [1.165, 1.54) is 6.33 Å². The maximum atomic E-state index is 9.67. The van der Waals surface area contributed by atoms with Gasteiger partial charge in [-0.15, -0.1) is 0 Å². The monoisotopic (exact) mass is 323 g/mol. The van der Waals surface area contributed by atoms with Crippen molar-refractivity contribution in [1.29, 1.82) is 0 Å². The molecule has 2 aromatic rings. The summed E-state index contributed by atoms with van der Waals surface area (Å²) in [5.41, 5.74) is 2.60. The van der Waals surface area contributed by atoms with E-state index >= 15 is 0 Å². The third-order valence-corrected chi connectivity index (χ3v) is 4.95. The lowest BCUT2D eigenvalue weighted by Crippen LogP contribution is -2.27. The Labute approximate surface area is 132 Å². The van der Waals surface area contributed by atoms with Gasteiger partial charge in [-0.1, -0.05) is 11.6 Å². The first-order chi connectivity index (χ1) is 10.5. The molecule has 4 rings (SSSR count). The number of ether oxygens (including phenoxy) is 2. The molecule has 1 aliphatic heterocycles. The lowest BCUT2D eigenvalue weighted by Gasteiger charge is -2.22. The summed E-state index contributed by atoms with van der Waals surface area (Å²) in [5, 5.41) is 10.1. The highest BCUT2D eigenvalue weighted by Crippen LogP contribution is 2.49. The van der Waals surface area contributed by atoms with E-state index in [2.05, 4.69) is 15.0 Å². The Bertz CT molecular complexity index is 717. The van der Waals surface area contributed by atoms with E-state index in [0.717, 1.165) is 23.0 Å². The van der Waals surface area contributed by atoms with Gasteiger partial charge >= 0.3 is 0 Å². The zero-order chi connectivity index (χ0) is 15.5. The molecule has 1 saturated carbocycles. The third kappa shape index (κ3) is 2.06. The first-order valence-electron chi connectivity index (χ1n) is 7.44. The number of fused-ring (bicyclic) bond motifs is 2. The van der Waals surface area contributed by atoms with Gasteiger partial charge in [0.25, 0.3) is 0 Å². The van der Waals surface area contributed by atoms with Gasteiger partial charge in [-0.05, 0) is 20.3 Å². The molecule has 2 fully saturated rings. The Morgan fingerprint density at radius 3 is 2.91 bits per heavy atom. The molecule has 0 radical (unpaired) electrons. The van der Waals surface area contributed by atoms with E-state index in [4.69, 9.17) is 21.1 Å². The molecule has 0 aromatic carbocycles. The largest absolute Gasteiger partial charge is 0.396 e. The van der Waals surface area contributed by atoms with Crippen LogP contribution in [0.2, 0.25) is 5.15 Å². The van der Waals surface area contributed by atoms with Gasteiger partial charge in [0, 0.05) is 30.2 Å². The van der Waals surface area contributed by atoms with Crippen molar-refractivity contribution in [2.45, 2.75) is 44.2 Å². The second-order valence-electron chi connectivity index (χ2n) is 6.48. The number of aliphatic hydroxyl groups excluding tert-OH is 1. The number of hydrogen-bond donors (Lipinski definition) is 2. The number of aromatic amines is 1. The summed E-state index contributed by atoms with van der Waals surface area (Å²) in [6, 6.07) is 0. The smallest absolute Gasteiger partial charge is 0.163 e. The molecule has 0 unspecified atom stereocenters. The predicted molar refractivity (Wildman–Crippen MR) is 80.7 cm³/mol. The van der Waals surface area contributed by atoms with Gasteiger partial charge in [-0.3, -0.25) is 0 Å². The highest BCUT2D eigenvalue weighted by atomic mass is 35.5. The van der Waals surface area contributed by atoms with Crippen molar-refractivity contribution in [3.8, 4) is 0 Å². The Kier molecular flexibility index (Phi) is 3.20. The van der Waals surface area contributed by atoms with Crippen molar-refractivity contribution in [1.82, 2.24) is 15.0 Å². The molecule has 7 heteroatoms. The average molecular weight is 324 g/mol. The van der Waals surface area contributed by atoms with Gasteiger partial charge in [0.05, 0.1) is 17.7 Å². The molecule has 4 atom stereocenters. The van der Waals surface area contributed by atoms with Crippen LogP contribution in [0, 0.1) is 5.92 Å². The van der Waals surface area contributed by atoms with Crippen LogP contribution in [-0.2, 0) is 9.47 Å². The standard InChI is InChI=1S/C15H18ClN3O3/c1-15(2)21-12-7(5-20)3-8(13(12)22-15)9-4-17-11-10(9)18-6-19-14(11)16/h4,6-8,12-13,17,20H,3,5H2,1-2H3/t7-,8+,12-,13+/m1/s1. The number of H-pyrrole nitrogens is 1. The van der Waals surface area contributed by atoms with Crippen LogP contribution in [0.5, 0.6) is 0 Å². The first-order valence-corrected chi connectivity index (χ1v) is 7.82. The number of aliphatic hydroxyl groups is 1.